The Bertz CT molecular complexity index is 232. The Balaban J connectivity index is 1.73. The third-order valence-electron chi connectivity index (χ3n) is 5.06. The highest BCUT2D eigenvalue weighted by Gasteiger charge is 2.35. The van der Waals surface area contributed by atoms with E-state index in [0.717, 1.165) is 12.6 Å². The number of likely N-dealkylation sites (N-methyl/N-ethyl adjacent to an activating group) is 1. The molecule has 0 aromatic heterocycles. The zero-order chi connectivity index (χ0) is 12.3. The van der Waals surface area contributed by atoms with Gasteiger partial charge in [0.25, 0.3) is 0 Å². The van der Waals surface area contributed by atoms with Gasteiger partial charge in [-0.25, -0.2) is 0 Å². The van der Waals surface area contributed by atoms with Crippen molar-refractivity contribution >= 4 is 0 Å². The molecule has 1 aliphatic heterocycles. The van der Waals surface area contributed by atoms with Crippen LogP contribution in [0.1, 0.15) is 39.5 Å². The van der Waals surface area contributed by atoms with Gasteiger partial charge in [-0.3, -0.25) is 4.90 Å². The molecule has 17 heavy (non-hydrogen) atoms. The molecule has 2 fully saturated rings. The van der Waals surface area contributed by atoms with Crippen molar-refractivity contribution in [2.45, 2.75) is 45.6 Å². The topological polar surface area (TPSA) is 32.5 Å². The van der Waals surface area contributed by atoms with E-state index in [1.54, 1.807) is 0 Å². The third-order valence-corrected chi connectivity index (χ3v) is 5.06. The maximum atomic E-state index is 5.93. The highest BCUT2D eigenvalue weighted by Crippen LogP contribution is 2.42. The molecule has 0 amide bonds. The summed E-state index contributed by atoms with van der Waals surface area (Å²) >= 11 is 0. The first-order valence-electron chi connectivity index (χ1n) is 7.35. The maximum Gasteiger partial charge on any atom is 0.0195 e. The molecule has 2 rings (SSSR count). The van der Waals surface area contributed by atoms with E-state index in [0.29, 0.717) is 5.41 Å². The van der Waals surface area contributed by atoms with Crippen LogP contribution in [-0.4, -0.2) is 55.1 Å². The van der Waals surface area contributed by atoms with Crippen LogP contribution in [-0.2, 0) is 0 Å². The monoisotopic (exact) mass is 239 g/mol. The fourth-order valence-electron chi connectivity index (χ4n) is 3.37. The van der Waals surface area contributed by atoms with Crippen LogP contribution < -0.4 is 5.73 Å². The Hall–Kier alpha value is -0.120. The SMILES string of the molecule is CCN1CCN(CCC2(CN)CCC2)CC1C. The number of hydrogen-bond acceptors (Lipinski definition) is 3. The number of rotatable bonds is 5. The van der Waals surface area contributed by atoms with Gasteiger partial charge in [0.2, 0.25) is 0 Å². The van der Waals surface area contributed by atoms with Gasteiger partial charge in [0.05, 0.1) is 0 Å². The van der Waals surface area contributed by atoms with Crippen LogP contribution in [0.4, 0.5) is 0 Å². The summed E-state index contributed by atoms with van der Waals surface area (Å²) in [6.45, 7) is 11.7. The Morgan fingerprint density at radius 1 is 1.29 bits per heavy atom. The minimum Gasteiger partial charge on any atom is -0.330 e. The lowest BCUT2D eigenvalue weighted by Crippen LogP contribution is -2.52. The van der Waals surface area contributed by atoms with E-state index in [1.165, 1.54) is 58.4 Å². The van der Waals surface area contributed by atoms with Gasteiger partial charge in [-0.2, -0.15) is 0 Å². The van der Waals surface area contributed by atoms with Crippen LogP contribution in [0.2, 0.25) is 0 Å². The molecular formula is C14H29N3. The second-order valence-electron chi connectivity index (χ2n) is 6.09. The highest BCUT2D eigenvalue weighted by atomic mass is 15.3. The Morgan fingerprint density at radius 3 is 2.53 bits per heavy atom. The summed E-state index contributed by atoms with van der Waals surface area (Å²) in [6.07, 6.45) is 5.46. The van der Waals surface area contributed by atoms with E-state index in [1.807, 2.05) is 0 Å². The molecule has 100 valence electrons. The number of hydrogen-bond donors (Lipinski definition) is 1. The molecule has 0 aromatic rings. The lowest BCUT2D eigenvalue weighted by Gasteiger charge is -2.44. The Labute approximate surface area is 106 Å². The standard InChI is InChI=1S/C14H29N3/c1-3-17-10-9-16(11-13(17)2)8-7-14(12-15)5-4-6-14/h13H,3-12,15H2,1-2H3. The molecule has 0 spiro atoms. The first-order valence-corrected chi connectivity index (χ1v) is 7.35. The van der Waals surface area contributed by atoms with Crippen molar-refractivity contribution in [3.05, 3.63) is 0 Å². The van der Waals surface area contributed by atoms with Crippen molar-refractivity contribution < 1.29 is 0 Å². The summed E-state index contributed by atoms with van der Waals surface area (Å²) in [6, 6.07) is 0.726. The average molecular weight is 239 g/mol. The molecule has 0 radical (unpaired) electrons. The van der Waals surface area contributed by atoms with E-state index in [4.69, 9.17) is 5.73 Å². The van der Waals surface area contributed by atoms with E-state index in [2.05, 4.69) is 23.6 Å². The first kappa shape index (κ1) is 13.3. The Kier molecular flexibility index (Phi) is 4.45. The summed E-state index contributed by atoms with van der Waals surface area (Å²) in [4.78, 5) is 5.23. The molecule has 2 N–H and O–H groups in total. The van der Waals surface area contributed by atoms with Crippen molar-refractivity contribution in [2.75, 3.05) is 39.3 Å². The quantitative estimate of drug-likeness (QED) is 0.790. The van der Waals surface area contributed by atoms with E-state index >= 15 is 0 Å². The fraction of sp³-hybridized carbons (Fsp3) is 1.00. The van der Waals surface area contributed by atoms with Crippen LogP contribution in [0, 0.1) is 5.41 Å². The highest BCUT2D eigenvalue weighted by molar-refractivity contribution is 4.90. The van der Waals surface area contributed by atoms with Gasteiger partial charge in [-0.15, -0.1) is 0 Å². The van der Waals surface area contributed by atoms with Gasteiger partial charge in [-0.05, 0) is 51.2 Å². The number of nitrogens with two attached hydrogens (primary N) is 1. The average Bonchev–Trinajstić information content (AvgIpc) is 2.28. The zero-order valence-electron chi connectivity index (χ0n) is 11.6. The maximum absolute atomic E-state index is 5.93. The van der Waals surface area contributed by atoms with Gasteiger partial charge >= 0.3 is 0 Å². The summed E-state index contributed by atoms with van der Waals surface area (Å²) < 4.78 is 0. The van der Waals surface area contributed by atoms with Gasteiger partial charge in [0.15, 0.2) is 0 Å². The van der Waals surface area contributed by atoms with E-state index < -0.39 is 0 Å². The lowest BCUT2D eigenvalue weighted by molar-refractivity contribution is 0.0582. The zero-order valence-corrected chi connectivity index (χ0v) is 11.6. The molecule has 1 heterocycles. The van der Waals surface area contributed by atoms with Gasteiger partial charge in [0, 0.05) is 25.7 Å². The van der Waals surface area contributed by atoms with Crippen molar-refractivity contribution in [1.29, 1.82) is 0 Å². The molecule has 1 unspecified atom stereocenters. The second kappa shape index (κ2) is 5.68. The molecule has 1 saturated heterocycles. The molecule has 2 aliphatic rings. The third kappa shape index (κ3) is 3.01. The van der Waals surface area contributed by atoms with Crippen molar-refractivity contribution in [3.8, 4) is 0 Å². The van der Waals surface area contributed by atoms with Gasteiger partial charge < -0.3 is 10.6 Å². The fourth-order valence-corrected chi connectivity index (χ4v) is 3.37. The molecular weight excluding hydrogens is 210 g/mol. The molecule has 1 aliphatic carbocycles. The van der Waals surface area contributed by atoms with Crippen LogP contribution in [0.3, 0.4) is 0 Å². The molecule has 0 aromatic carbocycles. The largest absolute Gasteiger partial charge is 0.330 e. The van der Waals surface area contributed by atoms with E-state index in [9.17, 15) is 0 Å². The van der Waals surface area contributed by atoms with Crippen molar-refractivity contribution in [3.63, 3.8) is 0 Å². The van der Waals surface area contributed by atoms with Crippen molar-refractivity contribution in [2.24, 2.45) is 11.1 Å². The van der Waals surface area contributed by atoms with Crippen LogP contribution >= 0.6 is 0 Å². The number of piperazine rings is 1. The van der Waals surface area contributed by atoms with Crippen LogP contribution in [0.25, 0.3) is 0 Å². The van der Waals surface area contributed by atoms with E-state index in [-0.39, 0.29) is 0 Å². The molecule has 3 nitrogen and oxygen atoms in total. The predicted octanol–water partition coefficient (Wildman–Crippen LogP) is 1.53. The number of nitrogens with zero attached hydrogens (tertiary/aromatic N) is 2. The minimum atomic E-state index is 0.519. The lowest BCUT2D eigenvalue weighted by atomic mass is 9.66. The molecule has 1 atom stereocenters. The van der Waals surface area contributed by atoms with Gasteiger partial charge in [0.1, 0.15) is 0 Å². The van der Waals surface area contributed by atoms with Crippen LogP contribution in [0.15, 0.2) is 0 Å². The molecule has 0 bridgehead atoms. The Morgan fingerprint density at radius 2 is 2.06 bits per heavy atom. The minimum absolute atomic E-state index is 0.519. The van der Waals surface area contributed by atoms with Crippen molar-refractivity contribution in [1.82, 2.24) is 9.80 Å². The normalized spacial score (nSPS) is 30.2. The smallest absolute Gasteiger partial charge is 0.0195 e. The van der Waals surface area contributed by atoms with Crippen LogP contribution in [0.5, 0.6) is 0 Å². The molecule has 3 heteroatoms. The summed E-state index contributed by atoms with van der Waals surface area (Å²) in [5.41, 5.74) is 6.45. The van der Waals surface area contributed by atoms with Gasteiger partial charge in [-0.1, -0.05) is 13.3 Å². The predicted molar refractivity (Wildman–Crippen MR) is 73.1 cm³/mol. The first-order chi connectivity index (χ1) is 8.19. The summed E-state index contributed by atoms with van der Waals surface area (Å²) in [7, 11) is 0. The second-order valence-corrected chi connectivity index (χ2v) is 6.09. The summed E-state index contributed by atoms with van der Waals surface area (Å²) in [5, 5.41) is 0. The molecule has 1 saturated carbocycles. The summed E-state index contributed by atoms with van der Waals surface area (Å²) in [5.74, 6) is 0.